The molecular weight excluding hydrogens is 301 g/mol. The lowest BCUT2D eigenvalue weighted by Gasteiger charge is -2.01. The summed E-state index contributed by atoms with van der Waals surface area (Å²) < 4.78 is 0. The highest BCUT2D eigenvalue weighted by atomic mass is 35.5. The molecule has 0 aliphatic rings. The third-order valence-corrected chi connectivity index (χ3v) is 3.95. The molecule has 0 bridgehead atoms. The van der Waals surface area contributed by atoms with Gasteiger partial charge in [0.2, 0.25) is 5.91 Å². The summed E-state index contributed by atoms with van der Waals surface area (Å²) >= 11 is 13.6. The second kappa shape index (κ2) is 6.75. The van der Waals surface area contributed by atoms with Gasteiger partial charge in [-0.3, -0.25) is 4.79 Å². The Morgan fingerprint density at radius 1 is 1.21 bits per heavy atom. The van der Waals surface area contributed by atoms with Crippen molar-refractivity contribution in [1.82, 2.24) is 5.32 Å². The van der Waals surface area contributed by atoms with Crippen LogP contribution in [0.15, 0.2) is 41.8 Å². The molecule has 0 saturated carbocycles. The second-order valence-electron chi connectivity index (χ2n) is 3.77. The first-order valence-electron chi connectivity index (χ1n) is 5.59. The molecule has 1 amide bonds. The molecule has 2 nitrogen and oxygen atoms in total. The van der Waals surface area contributed by atoms with Crippen molar-refractivity contribution in [3.05, 3.63) is 62.3 Å². The zero-order valence-electron chi connectivity index (χ0n) is 9.90. The van der Waals surface area contributed by atoms with Gasteiger partial charge in [0.25, 0.3) is 0 Å². The summed E-state index contributed by atoms with van der Waals surface area (Å²) in [6, 6.07) is 9.15. The number of benzene rings is 1. The summed E-state index contributed by atoms with van der Waals surface area (Å²) in [5.74, 6) is -0.176. The molecular formula is C14H11Cl2NOS. The van der Waals surface area contributed by atoms with Crippen LogP contribution in [-0.2, 0) is 11.3 Å². The Bertz CT molecular complexity index is 573. The van der Waals surface area contributed by atoms with Crippen LogP contribution in [0.5, 0.6) is 0 Å². The van der Waals surface area contributed by atoms with Gasteiger partial charge in [-0.1, -0.05) is 35.3 Å². The minimum absolute atomic E-state index is 0.176. The molecule has 0 unspecified atom stereocenters. The van der Waals surface area contributed by atoms with Crippen LogP contribution in [0, 0.1) is 0 Å². The molecule has 0 aliphatic carbocycles. The Balaban J connectivity index is 1.96. The third-order valence-electron chi connectivity index (χ3n) is 2.42. The Kier molecular flexibility index (Phi) is 5.02. The Labute approximate surface area is 125 Å². The quantitative estimate of drug-likeness (QED) is 0.834. The van der Waals surface area contributed by atoms with Crippen LogP contribution in [0.1, 0.15) is 10.4 Å². The number of rotatable bonds is 4. The van der Waals surface area contributed by atoms with Crippen LogP contribution >= 0.6 is 34.5 Å². The van der Waals surface area contributed by atoms with Crippen LogP contribution in [-0.4, -0.2) is 5.91 Å². The number of carbonyl (C=O) groups excluding carboxylic acids is 1. The van der Waals surface area contributed by atoms with E-state index in [-0.39, 0.29) is 5.91 Å². The topological polar surface area (TPSA) is 29.1 Å². The van der Waals surface area contributed by atoms with Gasteiger partial charge in [-0.05, 0) is 29.7 Å². The monoisotopic (exact) mass is 311 g/mol. The maximum atomic E-state index is 11.7. The minimum atomic E-state index is -0.176. The summed E-state index contributed by atoms with van der Waals surface area (Å²) in [5, 5.41) is 5.81. The minimum Gasteiger partial charge on any atom is -0.348 e. The van der Waals surface area contributed by atoms with Crippen LogP contribution in [0.3, 0.4) is 0 Å². The molecule has 98 valence electrons. The number of nitrogens with one attached hydrogen (secondary N) is 1. The van der Waals surface area contributed by atoms with Crippen LogP contribution < -0.4 is 5.32 Å². The van der Waals surface area contributed by atoms with Crippen molar-refractivity contribution in [2.24, 2.45) is 0 Å². The van der Waals surface area contributed by atoms with Gasteiger partial charge in [0, 0.05) is 26.6 Å². The van der Waals surface area contributed by atoms with E-state index in [0.717, 1.165) is 4.88 Å². The Hall–Kier alpha value is -1.29. The van der Waals surface area contributed by atoms with Crippen molar-refractivity contribution in [3.63, 3.8) is 0 Å². The van der Waals surface area contributed by atoms with Gasteiger partial charge in [-0.2, -0.15) is 0 Å². The third kappa shape index (κ3) is 4.10. The van der Waals surface area contributed by atoms with Crippen molar-refractivity contribution in [1.29, 1.82) is 0 Å². The predicted molar refractivity (Wildman–Crippen MR) is 81.7 cm³/mol. The van der Waals surface area contributed by atoms with E-state index in [1.165, 1.54) is 6.08 Å². The zero-order chi connectivity index (χ0) is 13.7. The lowest BCUT2D eigenvalue weighted by Crippen LogP contribution is -2.19. The second-order valence-corrected chi connectivity index (χ2v) is 5.61. The van der Waals surface area contributed by atoms with E-state index in [4.69, 9.17) is 23.2 Å². The molecule has 5 heteroatoms. The molecule has 0 spiro atoms. The SMILES string of the molecule is O=C(C=Cc1c(Cl)cccc1Cl)NCc1cccs1. The van der Waals surface area contributed by atoms with Gasteiger partial charge < -0.3 is 5.32 Å². The van der Waals surface area contributed by atoms with Crippen molar-refractivity contribution >= 4 is 46.5 Å². The molecule has 0 radical (unpaired) electrons. The largest absolute Gasteiger partial charge is 0.348 e. The van der Waals surface area contributed by atoms with Gasteiger partial charge >= 0.3 is 0 Å². The lowest BCUT2D eigenvalue weighted by molar-refractivity contribution is -0.116. The van der Waals surface area contributed by atoms with E-state index < -0.39 is 0 Å². The molecule has 2 rings (SSSR count). The van der Waals surface area contributed by atoms with Crippen molar-refractivity contribution < 1.29 is 4.79 Å². The molecule has 1 aromatic carbocycles. The van der Waals surface area contributed by atoms with Crippen LogP contribution in [0.4, 0.5) is 0 Å². The zero-order valence-corrected chi connectivity index (χ0v) is 12.2. The summed E-state index contributed by atoms with van der Waals surface area (Å²) in [6.45, 7) is 0.525. The van der Waals surface area contributed by atoms with Crippen molar-refractivity contribution in [2.75, 3.05) is 0 Å². The van der Waals surface area contributed by atoms with Crippen molar-refractivity contribution in [3.8, 4) is 0 Å². The van der Waals surface area contributed by atoms with Gasteiger partial charge in [-0.15, -0.1) is 11.3 Å². The molecule has 0 atom stereocenters. The standard InChI is InChI=1S/C14H11Cl2NOS/c15-12-4-1-5-13(16)11(12)6-7-14(18)17-9-10-3-2-8-19-10/h1-8H,9H2,(H,17,18). The lowest BCUT2D eigenvalue weighted by atomic mass is 10.2. The number of hydrogen-bond donors (Lipinski definition) is 1. The average molecular weight is 312 g/mol. The number of carbonyl (C=O) groups is 1. The fourth-order valence-corrected chi connectivity index (χ4v) is 2.64. The number of amides is 1. The first-order chi connectivity index (χ1) is 9.16. The van der Waals surface area contributed by atoms with Gasteiger partial charge in [0.1, 0.15) is 0 Å². The van der Waals surface area contributed by atoms with Gasteiger partial charge in [-0.25, -0.2) is 0 Å². The first-order valence-corrected chi connectivity index (χ1v) is 7.22. The molecule has 1 heterocycles. The van der Waals surface area contributed by atoms with Crippen LogP contribution in [0.25, 0.3) is 6.08 Å². The summed E-state index contributed by atoms with van der Waals surface area (Å²) in [6.07, 6.45) is 3.05. The highest BCUT2D eigenvalue weighted by Gasteiger charge is 2.02. The molecule has 0 aliphatic heterocycles. The molecule has 2 aromatic rings. The highest BCUT2D eigenvalue weighted by molar-refractivity contribution is 7.09. The van der Waals surface area contributed by atoms with E-state index in [0.29, 0.717) is 22.2 Å². The summed E-state index contributed by atoms with van der Waals surface area (Å²) in [5.41, 5.74) is 0.650. The number of thiophene rings is 1. The maximum absolute atomic E-state index is 11.7. The molecule has 0 saturated heterocycles. The first kappa shape index (κ1) is 14.1. The van der Waals surface area contributed by atoms with E-state index >= 15 is 0 Å². The number of hydrogen-bond acceptors (Lipinski definition) is 2. The predicted octanol–water partition coefficient (Wildman–Crippen LogP) is 4.38. The van der Waals surface area contributed by atoms with Crippen molar-refractivity contribution in [2.45, 2.75) is 6.54 Å². The van der Waals surface area contributed by atoms with E-state index in [9.17, 15) is 4.79 Å². The highest BCUT2D eigenvalue weighted by Crippen LogP contribution is 2.25. The fraction of sp³-hybridized carbons (Fsp3) is 0.0714. The normalized spacial score (nSPS) is 10.8. The van der Waals surface area contributed by atoms with Gasteiger partial charge in [0.05, 0.1) is 6.54 Å². The Morgan fingerprint density at radius 3 is 2.58 bits per heavy atom. The van der Waals surface area contributed by atoms with E-state index in [1.807, 2.05) is 17.5 Å². The number of halogens is 2. The Morgan fingerprint density at radius 2 is 1.95 bits per heavy atom. The molecule has 1 N–H and O–H groups in total. The average Bonchev–Trinajstić information content (AvgIpc) is 2.89. The molecule has 19 heavy (non-hydrogen) atoms. The summed E-state index contributed by atoms with van der Waals surface area (Å²) in [7, 11) is 0. The smallest absolute Gasteiger partial charge is 0.244 e. The molecule has 1 aromatic heterocycles. The maximum Gasteiger partial charge on any atom is 0.244 e. The van der Waals surface area contributed by atoms with E-state index in [1.54, 1.807) is 35.6 Å². The molecule has 0 fully saturated rings. The van der Waals surface area contributed by atoms with Crippen LogP contribution in [0.2, 0.25) is 10.0 Å². The van der Waals surface area contributed by atoms with Gasteiger partial charge in [0.15, 0.2) is 0 Å². The summed E-state index contributed by atoms with van der Waals surface area (Å²) in [4.78, 5) is 12.8. The fourth-order valence-electron chi connectivity index (χ4n) is 1.48. The van der Waals surface area contributed by atoms with E-state index in [2.05, 4.69) is 5.32 Å².